The van der Waals surface area contributed by atoms with Crippen LogP contribution in [0.3, 0.4) is 0 Å². The summed E-state index contributed by atoms with van der Waals surface area (Å²) in [6.45, 7) is 0.389. The average Bonchev–Trinajstić information content (AvgIpc) is 2.13. The molecule has 90 valence electrons. The zero-order valence-electron chi connectivity index (χ0n) is 8.43. The van der Waals surface area contributed by atoms with Crippen LogP contribution in [0.4, 0.5) is 13.2 Å². The third kappa shape index (κ3) is 7.15. The Morgan fingerprint density at radius 1 is 1.47 bits per heavy atom. The number of esters is 1. The number of hydrogen-bond acceptors (Lipinski definition) is 4. The highest BCUT2D eigenvalue weighted by atomic mass is 19.4. The maximum absolute atomic E-state index is 12.0. The fourth-order valence-electron chi connectivity index (χ4n) is 1.08. The monoisotopic (exact) mass is 228 g/mol. The van der Waals surface area contributed by atoms with E-state index in [1.165, 1.54) is 5.32 Å². The smallest absolute Gasteiger partial charge is 0.457 e. The van der Waals surface area contributed by atoms with Gasteiger partial charge in [-0.25, -0.2) is 5.32 Å². The fourth-order valence-corrected chi connectivity index (χ4v) is 1.08. The first kappa shape index (κ1) is 14.2. The van der Waals surface area contributed by atoms with Crippen molar-refractivity contribution in [3.8, 4) is 0 Å². The highest BCUT2D eigenvalue weighted by molar-refractivity contribution is 5.75. The van der Waals surface area contributed by atoms with Crippen molar-refractivity contribution in [3.05, 3.63) is 0 Å². The van der Waals surface area contributed by atoms with Gasteiger partial charge in [0.25, 0.3) is 0 Å². The molecule has 7 heteroatoms. The van der Waals surface area contributed by atoms with E-state index in [9.17, 15) is 18.0 Å². The molecular formula is C8H15F3N2O2. The number of nitrogens with two attached hydrogens (primary N) is 1. The maximum Gasteiger partial charge on any atom is 0.457 e. The van der Waals surface area contributed by atoms with Gasteiger partial charge in [0.1, 0.15) is 6.04 Å². The molecule has 0 fully saturated rings. The number of methoxy groups -OCH3 is 1. The molecule has 0 aliphatic heterocycles. The van der Waals surface area contributed by atoms with Gasteiger partial charge < -0.3 is 10.5 Å². The summed E-state index contributed by atoms with van der Waals surface area (Å²) in [5.41, 5.74) is 5.19. The second kappa shape index (κ2) is 6.62. The molecule has 0 heterocycles. The molecule has 0 aliphatic carbocycles. The van der Waals surface area contributed by atoms with Gasteiger partial charge in [-0.05, 0) is 19.4 Å². The molecular weight excluding hydrogens is 213 g/mol. The number of rotatable bonds is 6. The molecule has 0 aliphatic rings. The van der Waals surface area contributed by atoms with Crippen LogP contribution in [-0.2, 0) is 9.53 Å². The summed E-state index contributed by atoms with van der Waals surface area (Å²) in [6.07, 6.45) is -3.50. The zero-order valence-corrected chi connectivity index (χ0v) is 8.43. The summed E-state index contributed by atoms with van der Waals surface area (Å²) in [5, 5.41) is 1.25. The molecule has 4 nitrogen and oxygen atoms in total. The van der Waals surface area contributed by atoms with Gasteiger partial charge in [0, 0.05) is 0 Å². The van der Waals surface area contributed by atoms with Crippen LogP contribution in [0.2, 0.25) is 0 Å². The summed E-state index contributed by atoms with van der Waals surface area (Å²) in [4.78, 5) is 11.0. The summed E-state index contributed by atoms with van der Waals surface area (Å²) in [5.74, 6) is -0.913. The lowest BCUT2D eigenvalue weighted by atomic mass is 10.1. The summed E-state index contributed by atoms with van der Waals surface area (Å²) in [6, 6.07) is -1.35. The van der Waals surface area contributed by atoms with Gasteiger partial charge in [0.15, 0.2) is 0 Å². The number of halogens is 3. The lowest BCUT2D eigenvalue weighted by Gasteiger charge is -2.17. The largest absolute Gasteiger partial charge is 0.468 e. The Kier molecular flexibility index (Phi) is 6.26. The molecule has 0 saturated heterocycles. The summed E-state index contributed by atoms with van der Waals surface area (Å²) >= 11 is 0. The minimum absolute atomic E-state index is 0.0589. The van der Waals surface area contributed by atoms with Gasteiger partial charge >= 0.3 is 12.3 Å². The standard InChI is InChI=1S/C8H15F3N2O2/c1-15-7(14)6(4-2-3-5-12)13-8(9,10)11/h6,13H,2-5,12H2,1H3/t6-/m0/s1. The van der Waals surface area contributed by atoms with Crippen LogP contribution in [0.1, 0.15) is 19.3 Å². The van der Waals surface area contributed by atoms with Gasteiger partial charge in [-0.15, -0.1) is 0 Å². The first-order valence-electron chi connectivity index (χ1n) is 4.53. The molecule has 0 spiro atoms. The van der Waals surface area contributed by atoms with Crippen molar-refractivity contribution >= 4 is 5.97 Å². The normalized spacial score (nSPS) is 13.7. The molecule has 0 unspecified atom stereocenters. The van der Waals surface area contributed by atoms with Crippen LogP contribution in [0.25, 0.3) is 0 Å². The molecule has 0 radical (unpaired) electrons. The number of carbonyl (C=O) groups is 1. The van der Waals surface area contributed by atoms with Crippen molar-refractivity contribution in [2.24, 2.45) is 5.73 Å². The highest BCUT2D eigenvalue weighted by Crippen LogP contribution is 2.14. The lowest BCUT2D eigenvalue weighted by molar-refractivity contribution is -0.176. The molecule has 1 atom stereocenters. The quantitative estimate of drug-likeness (QED) is 0.400. The number of unbranched alkanes of at least 4 members (excludes halogenated alkanes) is 1. The van der Waals surface area contributed by atoms with Gasteiger partial charge in [0.2, 0.25) is 0 Å². The van der Waals surface area contributed by atoms with Crippen LogP contribution in [0, 0.1) is 0 Å². The average molecular weight is 228 g/mol. The van der Waals surface area contributed by atoms with E-state index >= 15 is 0 Å². The van der Waals surface area contributed by atoms with Crippen LogP contribution in [0.15, 0.2) is 0 Å². The molecule has 0 amide bonds. The van der Waals surface area contributed by atoms with E-state index in [0.29, 0.717) is 19.4 Å². The van der Waals surface area contributed by atoms with E-state index in [0.717, 1.165) is 7.11 Å². The molecule has 0 aromatic rings. The Hall–Kier alpha value is -0.820. The van der Waals surface area contributed by atoms with E-state index in [1.54, 1.807) is 0 Å². The highest BCUT2D eigenvalue weighted by Gasteiger charge is 2.34. The van der Waals surface area contributed by atoms with Crippen molar-refractivity contribution in [1.82, 2.24) is 5.32 Å². The molecule has 0 saturated carbocycles. The lowest BCUT2D eigenvalue weighted by Crippen LogP contribution is -2.45. The van der Waals surface area contributed by atoms with E-state index in [-0.39, 0.29) is 6.42 Å². The number of hydrogen-bond donors (Lipinski definition) is 2. The predicted molar refractivity (Wildman–Crippen MR) is 47.9 cm³/mol. The Morgan fingerprint density at radius 3 is 2.47 bits per heavy atom. The number of ether oxygens (including phenoxy) is 1. The fraction of sp³-hybridized carbons (Fsp3) is 0.875. The van der Waals surface area contributed by atoms with Crippen molar-refractivity contribution in [3.63, 3.8) is 0 Å². The first-order chi connectivity index (χ1) is 6.90. The molecule has 15 heavy (non-hydrogen) atoms. The van der Waals surface area contributed by atoms with Crippen molar-refractivity contribution < 1.29 is 22.7 Å². The maximum atomic E-state index is 12.0. The van der Waals surface area contributed by atoms with Crippen LogP contribution >= 0.6 is 0 Å². The van der Waals surface area contributed by atoms with Gasteiger partial charge in [-0.2, -0.15) is 13.2 Å². The summed E-state index contributed by atoms with van der Waals surface area (Å²) < 4.78 is 40.2. The van der Waals surface area contributed by atoms with Gasteiger partial charge in [-0.3, -0.25) is 4.79 Å². The second-order valence-electron chi connectivity index (χ2n) is 3.00. The van der Waals surface area contributed by atoms with E-state index in [4.69, 9.17) is 5.73 Å². The molecule has 0 aromatic carbocycles. The predicted octanol–water partition coefficient (Wildman–Crippen LogP) is 0.766. The first-order valence-corrected chi connectivity index (χ1v) is 4.53. The Morgan fingerprint density at radius 2 is 2.07 bits per heavy atom. The number of alkyl halides is 3. The van der Waals surface area contributed by atoms with Crippen LogP contribution in [-0.4, -0.2) is 32.0 Å². The second-order valence-corrected chi connectivity index (χ2v) is 3.00. The molecule has 0 bridgehead atoms. The van der Waals surface area contributed by atoms with E-state index < -0.39 is 18.3 Å². The zero-order chi connectivity index (χ0) is 11.9. The third-order valence-electron chi connectivity index (χ3n) is 1.77. The third-order valence-corrected chi connectivity index (χ3v) is 1.77. The van der Waals surface area contributed by atoms with Crippen molar-refractivity contribution in [2.45, 2.75) is 31.6 Å². The minimum Gasteiger partial charge on any atom is -0.468 e. The van der Waals surface area contributed by atoms with Gasteiger partial charge in [-0.1, -0.05) is 6.42 Å². The van der Waals surface area contributed by atoms with Crippen LogP contribution < -0.4 is 11.1 Å². The van der Waals surface area contributed by atoms with E-state index in [2.05, 4.69) is 4.74 Å². The summed E-state index contributed by atoms with van der Waals surface area (Å²) in [7, 11) is 1.05. The Labute approximate surface area is 86.0 Å². The van der Waals surface area contributed by atoms with Gasteiger partial charge in [0.05, 0.1) is 7.11 Å². The SMILES string of the molecule is COC(=O)[C@H](CCCCN)NC(F)(F)F. The minimum atomic E-state index is -4.58. The topological polar surface area (TPSA) is 64.3 Å². The number of carbonyl (C=O) groups excluding carboxylic acids is 1. The van der Waals surface area contributed by atoms with E-state index in [1.807, 2.05) is 0 Å². The number of nitrogens with one attached hydrogen (secondary N) is 1. The van der Waals surface area contributed by atoms with Crippen molar-refractivity contribution in [2.75, 3.05) is 13.7 Å². The van der Waals surface area contributed by atoms with Crippen molar-refractivity contribution in [1.29, 1.82) is 0 Å². The molecule has 0 rings (SSSR count). The Balaban J connectivity index is 4.13. The Bertz CT molecular complexity index is 197. The molecule has 3 N–H and O–H groups in total. The molecule has 0 aromatic heterocycles. The van der Waals surface area contributed by atoms with Crippen LogP contribution in [0.5, 0.6) is 0 Å².